The maximum atomic E-state index is 5.47. The highest BCUT2D eigenvalue weighted by molar-refractivity contribution is 6.22. The second-order valence-electron chi connectivity index (χ2n) is 10.5. The zero-order valence-electron chi connectivity index (χ0n) is 23.7. The lowest BCUT2D eigenvalue weighted by Crippen LogP contribution is -1.92. The molecule has 0 aliphatic heterocycles. The van der Waals surface area contributed by atoms with E-state index in [2.05, 4.69) is 121 Å². The second kappa shape index (κ2) is 10.9. The first kappa shape index (κ1) is 25.6. The van der Waals surface area contributed by atoms with Gasteiger partial charge in [0.05, 0.1) is 14.2 Å². The Balaban J connectivity index is 1.51. The lowest BCUT2D eigenvalue weighted by atomic mass is 9.84. The molecule has 0 saturated carbocycles. The van der Waals surface area contributed by atoms with Crippen LogP contribution in [0.4, 0.5) is 0 Å². The van der Waals surface area contributed by atoms with Crippen molar-refractivity contribution < 1.29 is 9.47 Å². The summed E-state index contributed by atoms with van der Waals surface area (Å²) in [4.78, 5) is 0. The Morgan fingerprint density at radius 1 is 0.310 bits per heavy atom. The van der Waals surface area contributed by atoms with E-state index in [1.165, 1.54) is 60.5 Å². The maximum absolute atomic E-state index is 5.47. The fourth-order valence-electron chi connectivity index (χ4n) is 5.98. The Morgan fingerprint density at radius 3 is 1.26 bits per heavy atom. The quantitative estimate of drug-likeness (QED) is 0.195. The molecule has 0 aliphatic carbocycles. The van der Waals surface area contributed by atoms with Crippen molar-refractivity contribution in [2.45, 2.75) is 0 Å². The number of methoxy groups -OCH3 is 2. The van der Waals surface area contributed by atoms with E-state index in [0.717, 1.165) is 17.1 Å². The van der Waals surface area contributed by atoms with Crippen LogP contribution in [0.1, 0.15) is 0 Å². The summed E-state index contributed by atoms with van der Waals surface area (Å²) >= 11 is 0. The molecule has 0 saturated heterocycles. The molecular weight excluding hydrogens is 512 g/mol. The van der Waals surface area contributed by atoms with Gasteiger partial charge >= 0.3 is 0 Å². The molecule has 0 spiro atoms. The van der Waals surface area contributed by atoms with Crippen LogP contribution in [0.3, 0.4) is 0 Å². The number of fused-ring (bicyclic) bond motifs is 2. The number of benzene rings is 7. The van der Waals surface area contributed by atoms with Crippen molar-refractivity contribution in [1.82, 2.24) is 0 Å². The zero-order valence-corrected chi connectivity index (χ0v) is 23.7. The van der Waals surface area contributed by atoms with E-state index in [9.17, 15) is 0 Å². The van der Waals surface area contributed by atoms with E-state index in [-0.39, 0.29) is 0 Å². The van der Waals surface area contributed by atoms with E-state index in [1.807, 2.05) is 24.3 Å². The van der Waals surface area contributed by atoms with E-state index in [1.54, 1.807) is 14.2 Å². The predicted octanol–water partition coefficient (Wildman–Crippen LogP) is 10.7. The molecule has 0 fully saturated rings. The minimum atomic E-state index is 0.851. The summed E-state index contributed by atoms with van der Waals surface area (Å²) in [6.45, 7) is 0. The lowest BCUT2D eigenvalue weighted by Gasteiger charge is -2.19. The van der Waals surface area contributed by atoms with E-state index in [0.29, 0.717) is 0 Å². The van der Waals surface area contributed by atoms with Gasteiger partial charge in [0.2, 0.25) is 0 Å². The Bertz CT molecular complexity index is 2010. The van der Waals surface area contributed by atoms with Gasteiger partial charge in [0.25, 0.3) is 0 Å². The molecule has 0 amide bonds. The van der Waals surface area contributed by atoms with Gasteiger partial charge in [-0.3, -0.25) is 0 Å². The highest BCUT2D eigenvalue weighted by Gasteiger charge is 2.18. The van der Waals surface area contributed by atoms with Crippen molar-refractivity contribution >= 4 is 21.5 Å². The molecule has 0 N–H and O–H groups in total. The van der Waals surface area contributed by atoms with Crippen LogP contribution in [-0.4, -0.2) is 14.2 Å². The van der Waals surface area contributed by atoms with Crippen LogP contribution in [0.15, 0.2) is 146 Å². The molecule has 2 heteroatoms. The molecule has 0 bridgehead atoms. The average molecular weight is 543 g/mol. The number of hydrogen-bond acceptors (Lipinski definition) is 2. The Morgan fingerprint density at radius 2 is 0.690 bits per heavy atom. The van der Waals surface area contributed by atoms with Crippen molar-refractivity contribution in [2.75, 3.05) is 14.2 Å². The van der Waals surface area contributed by atoms with E-state index >= 15 is 0 Å². The summed E-state index contributed by atoms with van der Waals surface area (Å²) in [5, 5.41) is 4.91. The zero-order chi connectivity index (χ0) is 28.5. The summed E-state index contributed by atoms with van der Waals surface area (Å²) in [6, 6.07) is 51.8. The molecular formula is C40H30O2. The standard InChI is InChI=1S/C40H30O2/c1-41-33-21-16-29(17-22-33)32-20-25-37-38(26-32)40(30-14-12-28(13-15-30)27-8-4-3-5-9-27)36-11-7-6-10-35(36)39(37)31-18-23-34(42-2)24-19-31/h3-26H,1-2H3. The number of ether oxygens (including phenoxy) is 2. The van der Waals surface area contributed by atoms with E-state index in [4.69, 9.17) is 9.47 Å². The summed E-state index contributed by atoms with van der Waals surface area (Å²) in [5.41, 5.74) is 9.59. The third-order valence-electron chi connectivity index (χ3n) is 8.11. The summed E-state index contributed by atoms with van der Waals surface area (Å²) in [7, 11) is 3.41. The third kappa shape index (κ3) is 4.57. The fraction of sp³-hybridized carbons (Fsp3) is 0.0500. The molecule has 0 aromatic heterocycles. The average Bonchev–Trinajstić information content (AvgIpc) is 3.07. The molecule has 0 radical (unpaired) electrons. The van der Waals surface area contributed by atoms with Crippen molar-refractivity contribution in [1.29, 1.82) is 0 Å². The SMILES string of the molecule is COc1ccc(-c2ccc3c(-c4ccc(OC)cc4)c4ccccc4c(-c4ccc(-c5ccccc5)cc4)c3c2)cc1. The Hall–Kier alpha value is -5.34. The molecule has 42 heavy (non-hydrogen) atoms. The van der Waals surface area contributed by atoms with Gasteiger partial charge in [-0.1, -0.05) is 115 Å². The van der Waals surface area contributed by atoms with Gasteiger partial charge < -0.3 is 9.47 Å². The van der Waals surface area contributed by atoms with E-state index < -0.39 is 0 Å². The van der Waals surface area contributed by atoms with Crippen LogP contribution in [0.25, 0.3) is 66.1 Å². The van der Waals surface area contributed by atoms with Gasteiger partial charge in [-0.2, -0.15) is 0 Å². The highest BCUT2D eigenvalue weighted by atomic mass is 16.5. The number of rotatable bonds is 6. The van der Waals surface area contributed by atoms with Gasteiger partial charge in [0, 0.05) is 0 Å². The molecule has 202 valence electrons. The minimum absolute atomic E-state index is 0.851. The summed E-state index contributed by atoms with van der Waals surface area (Å²) < 4.78 is 10.9. The minimum Gasteiger partial charge on any atom is -0.497 e. The molecule has 7 rings (SSSR count). The first-order valence-electron chi connectivity index (χ1n) is 14.2. The third-order valence-corrected chi connectivity index (χ3v) is 8.11. The molecule has 0 aliphatic rings. The highest BCUT2D eigenvalue weighted by Crippen LogP contribution is 2.45. The first-order chi connectivity index (χ1) is 20.7. The Kier molecular flexibility index (Phi) is 6.65. The van der Waals surface area contributed by atoms with Crippen LogP contribution in [0.5, 0.6) is 11.5 Å². The van der Waals surface area contributed by atoms with Crippen molar-refractivity contribution in [3.8, 4) is 56.0 Å². The molecule has 2 nitrogen and oxygen atoms in total. The van der Waals surface area contributed by atoms with Crippen LogP contribution in [0.2, 0.25) is 0 Å². The van der Waals surface area contributed by atoms with Gasteiger partial charge in [-0.25, -0.2) is 0 Å². The summed E-state index contributed by atoms with van der Waals surface area (Å²) in [5.74, 6) is 1.70. The lowest BCUT2D eigenvalue weighted by molar-refractivity contribution is 0.415. The number of hydrogen-bond donors (Lipinski definition) is 0. The van der Waals surface area contributed by atoms with Crippen LogP contribution < -0.4 is 9.47 Å². The summed E-state index contributed by atoms with van der Waals surface area (Å²) in [6.07, 6.45) is 0. The largest absolute Gasteiger partial charge is 0.497 e. The monoisotopic (exact) mass is 542 g/mol. The maximum Gasteiger partial charge on any atom is 0.118 e. The van der Waals surface area contributed by atoms with Crippen molar-refractivity contribution in [2.24, 2.45) is 0 Å². The molecule has 0 atom stereocenters. The first-order valence-corrected chi connectivity index (χ1v) is 14.2. The van der Waals surface area contributed by atoms with Crippen molar-refractivity contribution in [3.63, 3.8) is 0 Å². The predicted molar refractivity (Wildman–Crippen MR) is 176 cm³/mol. The van der Waals surface area contributed by atoms with Crippen molar-refractivity contribution in [3.05, 3.63) is 146 Å². The van der Waals surface area contributed by atoms with Crippen LogP contribution in [-0.2, 0) is 0 Å². The normalized spacial score (nSPS) is 11.1. The molecule has 0 unspecified atom stereocenters. The van der Waals surface area contributed by atoms with Gasteiger partial charge in [-0.05, 0) is 96.4 Å². The van der Waals surface area contributed by atoms with Gasteiger partial charge in [0.15, 0.2) is 0 Å². The van der Waals surface area contributed by atoms with Crippen LogP contribution >= 0.6 is 0 Å². The molecule has 7 aromatic carbocycles. The fourth-order valence-corrected chi connectivity index (χ4v) is 5.98. The van der Waals surface area contributed by atoms with Gasteiger partial charge in [0.1, 0.15) is 11.5 Å². The Labute approximate surface area is 246 Å². The molecule has 0 heterocycles. The second-order valence-corrected chi connectivity index (χ2v) is 10.5. The van der Waals surface area contributed by atoms with Crippen LogP contribution in [0, 0.1) is 0 Å². The smallest absolute Gasteiger partial charge is 0.118 e. The van der Waals surface area contributed by atoms with Gasteiger partial charge in [-0.15, -0.1) is 0 Å². The molecule has 7 aromatic rings. The topological polar surface area (TPSA) is 18.5 Å².